The van der Waals surface area contributed by atoms with Crippen LogP contribution in [0.4, 0.5) is 8.78 Å². The molecule has 0 atom stereocenters. The molecule has 0 amide bonds. The lowest BCUT2D eigenvalue weighted by Crippen LogP contribution is -2.20. The van der Waals surface area contributed by atoms with Crippen molar-refractivity contribution in [1.82, 2.24) is 14.8 Å². The monoisotopic (exact) mass is 453 g/mol. The molecular weight excluding hydrogens is 432 g/mol. The summed E-state index contributed by atoms with van der Waals surface area (Å²) < 4.78 is 36.2. The molecule has 9 heteroatoms. The van der Waals surface area contributed by atoms with Gasteiger partial charge in [0.25, 0.3) is 5.56 Å². The molecule has 0 aliphatic carbocycles. The van der Waals surface area contributed by atoms with Crippen molar-refractivity contribution in [2.45, 2.75) is 32.6 Å². The van der Waals surface area contributed by atoms with Crippen LogP contribution in [0.1, 0.15) is 25.0 Å². The summed E-state index contributed by atoms with van der Waals surface area (Å²) >= 11 is 0. The maximum absolute atomic E-state index is 12.4. The first kappa shape index (κ1) is 22.3. The molecule has 1 N–H and O–H groups in total. The van der Waals surface area contributed by atoms with Gasteiger partial charge in [0.15, 0.2) is 0 Å². The molecule has 2 aromatic carbocycles. The summed E-state index contributed by atoms with van der Waals surface area (Å²) in [6.07, 6.45) is 1.62. The first-order chi connectivity index (χ1) is 15.7. The van der Waals surface area contributed by atoms with Crippen LogP contribution in [0.2, 0.25) is 0 Å². The van der Waals surface area contributed by atoms with E-state index in [4.69, 9.17) is 4.42 Å². The molecule has 0 saturated carbocycles. The maximum Gasteiger partial charge on any atom is 0.387 e. The van der Waals surface area contributed by atoms with Gasteiger partial charge in [0.2, 0.25) is 11.8 Å². The minimum atomic E-state index is -2.90. The Morgan fingerprint density at radius 2 is 1.70 bits per heavy atom. The summed E-state index contributed by atoms with van der Waals surface area (Å²) in [7, 11) is 0. The quantitative estimate of drug-likeness (QED) is 0.445. The van der Waals surface area contributed by atoms with Crippen molar-refractivity contribution in [2.75, 3.05) is 0 Å². The minimum absolute atomic E-state index is 0.0224. The highest BCUT2D eigenvalue weighted by molar-refractivity contribution is 5.58. The second-order valence-electron chi connectivity index (χ2n) is 7.96. The normalized spacial score (nSPS) is 11.7. The van der Waals surface area contributed by atoms with Crippen molar-refractivity contribution in [3.8, 4) is 28.7 Å². The van der Waals surface area contributed by atoms with E-state index in [2.05, 4.69) is 14.9 Å². The lowest BCUT2D eigenvalue weighted by Gasteiger charge is -2.18. The lowest BCUT2D eigenvalue weighted by molar-refractivity contribution is -0.0498. The van der Waals surface area contributed by atoms with E-state index < -0.39 is 12.2 Å². The summed E-state index contributed by atoms with van der Waals surface area (Å²) in [6.45, 7) is 0.791. The predicted octanol–water partition coefficient (Wildman–Crippen LogP) is 4.44. The molecular formula is C24H21F2N3O4. The van der Waals surface area contributed by atoms with Crippen LogP contribution in [0.25, 0.3) is 22.9 Å². The van der Waals surface area contributed by atoms with Gasteiger partial charge >= 0.3 is 6.61 Å². The van der Waals surface area contributed by atoms with Crippen LogP contribution in [-0.2, 0) is 12.1 Å². The molecule has 4 rings (SSSR count). The van der Waals surface area contributed by atoms with Gasteiger partial charge in [-0.2, -0.15) is 8.78 Å². The van der Waals surface area contributed by atoms with Crippen molar-refractivity contribution in [3.05, 3.63) is 88.3 Å². The smallest absolute Gasteiger partial charge is 0.387 e. The van der Waals surface area contributed by atoms with E-state index in [1.165, 1.54) is 34.9 Å². The highest BCUT2D eigenvalue weighted by Gasteiger charge is 2.16. The number of rotatable bonds is 7. The van der Waals surface area contributed by atoms with Crippen LogP contribution in [0, 0.1) is 0 Å². The van der Waals surface area contributed by atoms with Crippen LogP contribution < -0.4 is 10.3 Å². The van der Waals surface area contributed by atoms with E-state index in [0.29, 0.717) is 17.7 Å². The van der Waals surface area contributed by atoms with Crippen molar-refractivity contribution in [2.24, 2.45) is 0 Å². The molecule has 0 fully saturated rings. The molecule has 4 aromatic rings. The summed E-state index contributed by atoms with van der Waals surface area (Å²) in [5.41, 5.74) is 1.48. The Bertz CT molecular complexity index is 1310. The van der Waals surface area contributed by atoms with Gasteiger partial charge in [0.05, 0.1) is 17.7 Å². The zero-order valence-electron chi connectivity index (χ0n) is 17.9. The molecule has 0 aliphatic heterocycles. The Morgan fingerprint density at radius 1 is 1.03 bits per heavy atom. The third kappa shape index (κ3) is 5.32. The topological polar surface area (TPSA) is 90.4 Å². The zero-order chi connectivity index (χ0) is 23.6. The SMILES string of the molecule is CC(C)(O)c1cccc(Cn2cc(-c3nnc(-c4ccc(OC(F)F)cc4)o3)ccc2=O)c1. The Balaban J connectivity index is 1.57. The van der Waals surface area contributed by atoms with Crippen LogP contribution >= 0.6 is 0 Å². The van der Waals surface area contributed by atoms with Gasteiger partial charge in [-0.15, -0.1) is 10.2 Å². The highest BCUT2D eigenvalue weighted by atomic mass is 19.3. The van der Waals surface area contributed by atoms with Gasteiger partial charge in [-0.25, -0.2) is 0 Å². The summed E-state index contributed by atoms with van der Waals surface area (Å²) in [5, 5.41) is 18.3. The summed E-state index contributed by atoms with van der Waals surface area (Å²) in [6, 6.07) is 16.2. The number of ether oxygens (including phenoxy) is 1. The molecule has 0 radical (unpaired) electrons. The molecule has 0 unspecified atom stereocenters. The zero-order valence-corrected chi connectivity index (χ0v) is 17.9. The fourth-order valence-corrected chi connectivity index (χ4v) is 3.26. The number of aliphatic hydroxyl groups is 1. The molecule has 0 bridgehead atoms. The predicted molar refractivity (Wildman–Crippen MR) is 117 cm³/mol. The van der Waals surface area contributed by atoms with Gasteiger partial charge in [-0.1, -0.05) is 24.3 Å². The molecule has 33 heavy (non-hydrogen) atoms. The Kier molecular flexibility index (Phi) is 6.06. The number of nitrogens with zero attached hydrogens (tertiary/aromatic N) is 3. The highest BCUT2D eigenvalue weighted by Crippen LogP contribution is 2.26. The molecule has 170 valence electrons. The van der Waals surface area contributed by atoms with Gasteiger partial charge in [0, 0.05) is 17.8 Å². The first-order valence-corrected chi connectivity index (χ1v) is 10.1. The van der Waals surface area contributed by atoms with E-state index >= 15 is 0 Å². The summed E-state index contributed by atoms with van der Waals surface area (Å²) in [5.74, 6) is 0.426. The van der Waals surface area contributed by atoms with Crippen molar-refractivity contribution >= 4 is 0 Å². The van der Waals surface area contributed by atoms with Crippen LogP contribution in [0.5, 0.6) is 5.75 Å². The second-order valence-corrected chi connectivity index (χ2v) is 7.96. The van der Waals surface area contributed by atoms with Crippen LogP contribution in [-0.4, -0.2) is 26.5 Å². The first-order valence-electron chi connectivity index (χ1n) is 10.1. The number of benzene rings is 2. The third-order valence-corrected chi connectivity index (χ3v) is 4.97. The molecule has 2 heterocycles. The van der Waals surface area contributed by atoms with E-state index in [0.717, 1.165) is 11.1 Å². The lowest BCUT2D eigenvalue weighted by atomic mass is 9.96. The Hall–Kier alpha value is -3.85. The molecule has 2 aromatic heterocycles. The van der Waals surface area contributed by atoms with Gasteiger partial charge in [-0.05, 0) is 55.3 Å². The maximum atomic E-state index is 12.4. The van der Waals surface area contributed by atoms with Gasteiger partial charge in [-0.3, -0.25) is 4.79 Å². The van der Waals surface area contributed by atoms with Crippen LogP contribution in [0.3, 0.4) is 0 Å². The number of hydrogen-bond donors (Lipinski definition) is 1. The number of hydrogen-bond acceptors (Lipinski definition) is 6. The standard InChI is InChI=1S/C24H21F2N3O4/c1-24(2,31)18-5-3-4-15(12-18)13-29-14-17(8-11-20(29)30)22-28-27-21(33-22)16-6-9-19(10-7-16)32-23(25)26/h3-12,14,23,31H,13H2,1-2H3. The number of alkyl halides is 2. The number of pyridine rings is 1. The van der Waals surface area contributed by atoms with Gasteiger partial charge in [0.1, 0.15) is 5.75 Å². The third-order valence-electron chi connectivity index (χ3n) is 4.97. The average molecular weight is 453 g/mol. The molecule has 0 aliphatic rings. The fourth-order valence-electron chi connectivity index (χ4n) is 3.26. The number of halogens is 2. The average Bonchev–Trinajstić information content (AvgIpc) is 3.25. The number of aromatic nitrogens is 3. The Labute approximate surface area is 187 Å². The summed E-state index contributed by atoms with van der Waals surface area (Å²) in [4.78, 5) is 12.4. The van der Waals surface area contributed by atoms with Crippen molar-refractivity contribution in [3.63, 3.8) is 0 Å². The largest absolute Gasteiger partial charge is 0.435 e. The van der Waals surface area contributed by atoms with E-state index in [9.17, 15) is 18.7 Å². The van der Waals surface area contributed by atoms with E-state index in [-0.39, 0.29) is 23.1 Å². The van der Waals surface area contributed by atoms with E-state index in [1.807, 2.05) is 24.3 Å². The van der Waals surface area contributed by atoms with Crippen molar-refractivity contribution < 1.29 is 23.0 Å². The van der Waals surface area contributed by atoms with Crippen molar-refractivity contribution in [1.29, 1.82) is 0 Å². The molecule has 0 saturated heterocycles. The van der Waals surface area contributed by atoms with E-state index in [1.54, 1.807) is 26.1 Å². The molecule has 7 nitrogen and oxygen atoms in total. The molecule has 0 spiro atoms. The van der Waals surface area contributed by atoms with Gasteiger partial charge < -0.3 is 18.8 Å². The van der Waals surface area contributed by atoms with Crippen LogP contribution in [0.15, 0.2) is 76.1 Å². The second kappa shape index (κ2) is 8.95. The fraction of sp³-hybridized carbons (Fsp3) is 0.208. The Morgan fingerprint density at radius 3 is 2.36 bits per heavy atom. The minimum Gasteiger partial charge on any atom is -0.435 e.